The third kappa shape index (κ3) is 11.2. The minimum Gasteiger partial charge on any atom is -0.450 e. The Morgan fingerprint density at radius 1 is 0.811 bits per heavy atom. The first-order valence-electron chi connectivity index (χ1n) is 15.4. The van der Waals surface area contributed by atoms with Gasteiger partial charge in [-0.15, -0.1) is 0 Å². The second kappa shape index (κ2) is 19.2. The molecule has 1 saturated heterocycles. The molecule has 0 radical (unpaired) electrons. The molecule has 0 spiro atoms. The number of fused-ring (bicyclic) bond motifs is 1. The maximum atomic E-state index is 11.3. The van der Waals surface area contributed by atoms with Gasteiger partial charge in [0.1, 0.15) is 30.2 Å². The summed E-state index contributed by atoms with van der Waals surface area (Å²) in [4.78, 5) is 34.1. The van der Waals surface area contributed by atoms with E-state index >= 15 is 0 Å². The Hall–Kier alpha value is -5.01. The number of imidazole rings is 1. The van der Waals surface area contributed by atoms with Gasteiger partial charge in [-0.1, -0.05) is 0 Å². The fourth-order valence-corrected chi connectivity index (χ4v) is 5.66. The number of benzene rings is 2. The smallest absolute Gasteiger partial charge is 0.411 e. The molecule has 7 N–H and O–H groups in total. The van der Waals surface area contributed by atoms with Crippen LogP contribution in [0.4, 0.5) is 26.8 Å². The number of rotatable bonds is 10. The molecule has 1 fully saturated rings. The zero-order valence-electron chi connectivity index (χ0n) is 28.7. The van der Waals surface area contributed by atoms with Gasteiger partial charge in [-0.3, -0.25) is 23.6 Å². The largest absolute Gasteiger partial charge is 0.450 e. The Morgan fingerprint density at radius 3 is 1.68 bits per heavy atom. The quantitative estimate of drug-likeness (QED) is 0.123. The van der Waals surface area contributed by atoms with Gasteiger partial charge in [0.2, 0.25) is 0 Å². The number of aromatic nitrogens is 4. The Kier molecular flexibility index (Phi) is 15.3. The van der Waals surface area contributed by atoms with Crippen LogP contribution in [0, 0.1) is 0 Å². The molecule has 2 amide bonds. The second-order valence-electron chi connectivity index (χ2n) is 10.3. The van der Waals surface area contributed by atoms with Crippen LogP contribution in [-0.2, 0) is 42.8 Å². The van der Waals surface area contributed by atoms with Gasteiger partial charge >= 0.3 is 12.2 Å². The summed E-state index contributed by atoms with van der Waals surface area (Å²) in [5.41, 5.74) is 7.33. The van der Waals surface area contributed by atoms with Gasteiger partial charge in [-0.05, 0) is 62.4 Å². The van der Waals surface area contributed by atoms with Crippen LogP contribution in [0.5, 0.6) is 0 Å². The molecular weight excluding hydrogens is 746 g/mol. The Labute approximate surface area is 303 Å². The topological polar surface area (TPSA) is 303 Å². The molecule has 1 aliphatic rings. The van der Waals surface area contributed by atoms with Gasteiger partial charge in [0.25, 0.3) is 20.2 Å². The van der Waals surface area contributed by atoms with Crippen LogP contribution in [0.1, 0.15) is 20.1 Å². The van der Waals surface area contributed by atoms with Crippen molar-refractivity contribution in [3.05, 3.63) is 61.2 Å². The number of ether oxygens (including phenoxy) is 3. The van der Waals surface area contributed by atoms with E-state index in [1.165, 1.54) is 65.8 Å². The minimum atomic E-state index is -3.70. The van der Waals surface area contributed by atoms with Crippen LogP contribution in [0.3, 0.4) is 0 Å². The van der Waals surface area contributed by atoms with Crippen molar-refractivity contribution in [1.82, 2.24) is 19.5 Å². The third-order valence-electron chi connectivity index (χ3n) is 6.95. The van der Waals surface area contributed by atoms with Crippen molar-refractivity contribution in [2.24, 2.45) is 0 Å². The summed E-state index contributed by atoms with van der Waals surface area (Å²) in [6.07, 6.45) is -2.60. The number of nitrogens with one attached hydrogen (secondary N) is 2. The van der Waals surface area contributed by atoms with Crippen molar-refractivity contribution in [3.8, 4) is 0 Å². The molecule has 0 saturated carbocycles. The average Bonchev–Trinajstić information content (AvgIpc) is 3.70. The van der Waals surface area contributed by atoms with Crippen LogP contribution >= 0.6 is 0 Å². The molecule has 1 aliphatic heterocycles. The standard InChI is InChI=1S/C10H13N5O4.2C10H13NO5S/c11-8-5-9(13-2-12-8)15(3-14-5)10-7(18)6(17)4(1-16)19-10;2*1-3-16-10(12)11-8-4-6-9(7-5-8)17(13,14)15-2/h2-4,6-7,10,16-18H,1H2,(H2,11,12,13);2*4-7H,3H2,1-2H3,(H,11,12). The maximum absolute atomic E-state index is 11.3. The van der Waals surface area contributed by atoms with Crippen LogP contribution < -0.4 is 16.4 Å². The number of hydrogen-bond donors (Lipinski definition) is 6. The van der Waals surface area contributed by atoms with E-state index in [2.05, 4.69) is 43.4 Å². The molecule has 2 aromatic heterocycles. The number of nitrogens with two attached hydrogens (primary N) is 1. The van der Waals surface area contributed by atoms with E-state index in [1.54, 1.807) is 13.8 Å². The molecule has 53 heavy (non-hydrogen) atoms. The summed E-state index contributed by atoms with van der Waals surface area (Å²) < 4.78 is 70.1. The van der Waals surface area contributed by atoms with Crippen LogP contribution in [0.25, 0.3) is 11.2 Å². The fourth-order valence-electron chi connectivity index (χ4n) is 4.34. The first-order valence-corrected chi connectivity index (χ1v) is 18.2. The summed E-state index contributed by atoms with van der Waals surface area (Å²) >= 11 is 0. The number of amides is 2. The van der Waals surface area contributed by atoms with E-state index in [-0.39, 0.29) is 28.8 Å². The van der Waals surface area contributed by atoms with Crippen LogP contribution in [0.15, 0.2) is 71.0 Å². The molecule has 290 valence electrons. The van der Waals surface area contributed by atoms with E-state index in [1.807, 2.05) is 0 Å². The Bertz CT molecular complexity index is 1940. The van der Waals surface area contributed by atoms with E-state index < -0.39 is 63.6 Å². The van der Waals surface area contributed by atoms with Crippen molar-refractivity contribution in [3.63, 3.8) is 0 Å². The molecule has 4 atom stereocenters. The summed E-state index contributed by atoms with van der Waals surface area (Å²) in [5.74, 6) is 0.218. The molecular formula is C30H39N7O14S2. The summed E-state index contributed by atoms with van der Waals surface area (Å²) in [6, 6.07) is 11.1. The normalized spacial score (nSPS) is 18.2. The van der Waals surface area contributed by atoms with Gasteiger partial charge in [-0.25, -0.2) is 24.5 Å². The molecule has 0 bridgehead atoms. The SMILES string of the molecule is CCOC(=O)Nc1ccc(S(=O)(=O)OC)cc1.CCOC(=O)Nc1ccc(S(=O)(=O)OC)cc1.Nc1ncnc2c1ncn2C1OC(CO)C(O)C1O. The van der Waals surface area contributed by atoms with Crippen LogP contribution in [-0.4, -0.2) is 116 Å². The van der Waals surface area contributed by atoms with Gasteiger partial charge in [0, 0.05) is 11.4 Å². The molecule has 5 rings (SSSR count). The van der Waals surface area contributed by atoms with E-state index in [9.17, 15) is 36.6 Å². The fraction of sp³-hybridized carbons (Fsp3) is 0.367. The highest BCUT2D eigenvalue weighted by Gasteiger charge is 2.44. The molecule has 3 heterocycles. The highest BCUT2D eigenvalue weighted by Crippen LogP contribution is 2.31. The zero-order valence-corrected chi connectivity index (χ0v) is 30.4. The minimum absolute atomic E-state index is 0.0226. The highest BCUT2D eigenvalue weighted by molar-refractivity contribution is 7.87. The Balaban J connectivity index is 0.000000215. The lowest BCUT2D eigenvalue weighted by atomic mass is 10.1. The molecule has 0 aliphatic carbocycles. The van der Waals surface area contributed by atoms with Crippen molar-refractivity contribution in [1.29, 1.82) is 0 Å². The highest BCUT2D eigenvalue weighted by atomic mass is 32.2. The van der Waals surface area contributed by atoms with Crippen molar-refractivity contribution in [2.75, 3.05) is 50.4 Å². The average molecular weight is 786 g/mol. The number of nitrogens with zero attached hydrogens (tertiary/aromatic N) is 4. The first kappa shape index (κ1) is 42.4. The number of aliphatic hydroxyl groups is 3. The monoisotopic (exact) mass is 785 g/mol. The summed E-state index contributed by atoms with van der Waals surface area (Å²) in [6.45, 7) is 3.52. The molecule has 2 aromatic carbocycles. The third-order valence-corrected chi connectivity index (χ3v) is 9.52. The summed E-state index contributed by atoms with van der Waals surface area (Å²) in [7, 11) is -5.23. The molecule has 4 aromatic rings. The molecule has 23 heteroatoms. The number of nitrogen functional groups attached to an aromatic ring is 1. The maximum Gasteiger partial charge on any atom is 0.411 e. The second-order valence-corrected chi connectivity index (χ2v) is 13.7. The number of carbonyl (C=O) groups excluding carboxylic acids is 2. The lowest BCUT2D eigenvalue weighted by molar-refractivity contribution is -0.0511. The first-order chi connectivity index (χ1) is 25.1. The number of anilines is 3. The predicted molar refractivity (Wildman–Crippen MR) is 185 cm³/mol. The number of aliphatic hydroxyl groups excluding tert-OH is 3. The lowest BCUT2D eigenvalue weighted by Crippen LogP contribution is -2.33. The number of hydrogen-bond acceptors (Lipinski definition) is 18. The lowest BCUT2D eigenvalue weighted by Gasteiger charge is -2.16. The van der Waals surface area contributed by atoms with E-state index in [4.69, 9.17) is 15.6 Å². The van der Waals surface area contributed by atoms with Crippen molar-refractivity contribution >= 4 is 60.8 Å². The molecule has 4 unspecified atom stereocenters. The van der Waals surface area contributed by atoms with Gasteiger partial charge in [0.15, 0.2) is 17.7 Å². The van der Waals surface area contributed by atoms with Gasteiger partial charge in [0.05, 0.1) is 50.2 Å². The molecule has 21 nitrogen and oxygen atoms in total. The number of carbonyl (C=O) groups is 2. The Morgan fingerprint density at radius 2 is 1.28 bits per heavy atom. The van der Waals surface area contributed by atoms with Gasteiger partial charge < -0.3 is 35.3 Å². The summed E-state index contributed by atoms with van der Waals surface area (Å²) in [5, 5.41) is 33.6. The zero-order chi connectivity index (χ0) is 39.3. The van der Waals surface area contributed by atoms with E-state index in [0.29, 0.717) is 22.5 Å². The predicted octanol–water partition coefficient (Wildman–Crippen LogP) is 1.20. The van der Waals surface area contributed by atoms with E-state index in [0.717, 1.165) is 14.2 Å². The van der Waals surface area contributed by atoms with Gasteiger partial charge in [-0.2, -0.15) is 16.8 Å². The van der Waals surface area contributed by atoms with Crippen molar-refractivity contribution in [2.45, 2.75) is 48.2 Å². The van der Waals surface area contributed by atoms with Crippen molar-refractivity contribution < 1.29 is 64.3 Å². The van der Waals surface area contributed by atoms with Crippen LogP contribution in [0.2, 0.25) is 0 Å².